The van der Waals surface area contributed by atoms with Crippen LogP contribution in [0.15, 0.2) is 71.6 Å². The molecule has 0 fully saturated rings. The number of alkyl halides is 2. The molecule has 1 aliphatic heterocycles. The molecular formula is C24H21F2N3O3S. The molecule has 2 heterocycles. The van der Waals surface area contributed by atoms with E-state index in [2.05, 4.69) is 9.88 Å². The van der Waals surface area contributed by atoms with Gasteiger partial charge in [0.2, 0.25) is 0 Å². The molecule has 170 valence electrons. The number of ether oxygens (including phenoxy) is 1. The van der Waals surface area contributed by atoms with Crippen LogP contribution in [0.5, 0.6) is 5.75 Å². The number of aromatic nitrogens is 2. The molecule has 0 saturated heterocycles. The lowest BCUT2D eigenvalue weighted by molar-refractivity contribution is -0.0507. The van der Waals surface area contributed by atoms with Crippen LogP contribution in [0, 0.1) is 0 Å². The maximum atomic E-state index is 13.0. The fourth-order valence-corrected chi connectivity index (χ4v) is 4.94. The number of halogens is 2. The number of nitrogens with one attached hydrogen (secondary N) is 1. The molecule has 0 aliphatic carbocycles. The molecule has 0 saturated carbocycles. The van der Waals surface area contributed by atoms with Gasteiger partial charge in [-0.1, -0.05) is 36.4 Å². The van der Waals surface area contributed by atoms with Gasteiger partial charge in [0.25, 0.3) is 0 Å². The summed E-state index contributed by atoms with van der Waals surface area (Å²) in [5, 5.41) is 3.31. The molecule has 0 radical (unpaired) electrons. The van der Waals surface area contributed by atoms with Gasteiger partial charge in [0, 0.05) is 18.4 Å². The summed E-state index contributed by atoms with van der Waals surface area (Å²) in [7, 11) is -3.28. The molecule has 1 aliphatic rings. The van der Waals surface area contributed by atoms with Crippen molar-refractivity contribution in [1.29, 1.82) is 0 Å². The van der Waals surface area contributed by atoms with E-state index in [4.69, 9.17) is 9.72 Å². The van der Waals surface area contributed by atoms with Crippen molar-refractivity contribution in [3.63, 3.8) is 0 Å². The lowest BCUT2D eigenvalue weighted by atomic mass is 10.0. The van der Waals surface area contributed by atoms with Gasteiger partial charge in [0.15, 0.2) is 9.84 Å². The van der Waals surface area contributed by atoms with Crippen molar-refractivity contribution < 1.29 is 21.9 Å². The number of hydrogen-bond donors (Lipinski definition) is 1. The van der Waals surface area contributed by atoms with Crippen molar-refractivity contribution >= 4 is 20.9 Å². The van der Waals surface area contributed by atoms with Gasteiger partial charge in [-0.15, -0.1) is 0 Å². The van der Waals surface area contributed by atoms with E-state index in [0.29, 0.717) is 18.7 Å². The molecule has 1 aromatic heterocycles. The van der Waals surface area contributed by atoms with Crippen LogP contribution in [0.1, 0.15) is 17.4 Å². The number of nitrogens with zero attached hydrogens (tertiary/aromatic N) is 2. The Morgan fingerprint density at radius 1 is 1.06 bits per heavy atom. The van der Waals surface area contributed by atoms with Crippen molar-refractivity contribution in [1.82, 2.24) is 14.9 Å². The van der Waals surface area contributed by atoms with Crippen LogP contribution in [-0.2, 0) is 16.4 Å². The fraction of sp³-hybridized carbons (Fsp3) is 0.208. The third-order valence-electron chi connectivity index (χ3n) is 5.80. The summed E-state index contributed by atoms with van der Waals surface area (Å²) in [4.78, 5) is 4.99. The van der Waals surface area contributed by atoms with Crippen LogP contribution >= 0.6 is 0 Å². The first-order valence-electron chi connectivity index (χ1n) is 10.4. The molecule has 1 atom stereocenters. The fourth-order valence-electron chi connectivity index (χ4n) is 4.31. The topological polar surface area (TPSA) is 73.2 Å². The number of benzene rings is 3. The molecule has 1 N–H and O–H groups in total. The van der Waals surface area contributed by atoms with Crippen LogP contribution in [-0.4, -0.2) is 37.4 Å². The first-order chi connectivity index (χ1) is 15.8. The van der Waals surface area contributed by atoms with Crippen LogP contribution in [0.4, 0.5) is 8.78 Å². The largest absolute Gasteiger partial charge is 0.434 e. The molecule has 0 bridgehead atoms. The number of para-hydroxylation sites is 1. The Labute approximate surface area is 189 Å². The Kier molecular flexibility index (Phi) is 5.38. The average molecular weight is 470 g/mol. The van der Waals surface area contributed by atoms with Gasteiger partial charge < -0.3 is 14.6 Å². The van der Waals surface area contributed by atoms with Crippen LogP contribution < -0.4 is 10.1 Å². The Bertz CT molecular complexity index is 1430. The van der Waals surface area contributed by atoms with Gasteiger partial charge in [-0.2, -0.15) is 8.78 Å². The van der Waals surface area contributed by atoms with Crippen LogP contribution in [0.3, 0.4) is 0 Å². The number of sulfone groups is 1. The number of rotatable bonds is 5. The number of hydrogen-bond acceptors (Lipinski definition) is 5. The monoisotopic (exact) mass is 469 g/mol. The second-order valence-electron chi connectivity index (χ2n) is 7.96. The van der Waals surface area contributed by atoms with E-state index in [0.717, 1.165) is 28.0 Å². The first kappa shape index (κ1) is 21.5. The molecule has 0 unspecified atom stereocenters. The van der Waals surface area contributed by atoms with E-state index >= 15 is 0 Å². The Morgan fingerprint density at radius 2 is 1.79 bits per heavy atom. The third-order valence-corrected chi connectivity index (χ3v) is 6.93. The molecule has 3 aromatic carbocycles. The Hall–Kier alpha value is -3.30. The highest BCUT2D eigenvalue weighted by Crippen LogP contribution is 2.35. The predicted molar refractivity (Wildman–Crippen MR) is 121 cm³/mol. The highest BCUT2D eigenvalue weighted by atomic mass is 32.2. The summed E-state index contributed by atoms with van der Waals surface area (Å²) in [5.74, 6) is 0.944. The predicted octanol–water partition coefficient (Wildman–Crippen LogP) is 4.40. The second-order valence-corrected chi connectivity index (χ2v) is 9.98. The van der Waals surface area contributed by atoms with Crippen molar-refractivity contribution in [2.75, 3.05) is 12.8 Å². The first-order valence-corrected chi connectivity index (χ1v) is 12.3. The minimum Gasteiger partial charge on any atom is -0.434 e. The third kappa shape index (κ3) is 4.09. The van der Waals surface area contributed by atoms with Gasteiger partial charge in [-0.25, -0.2) is 13.4 Å². The zero-order valence-electron chi connectivity index (χ0n) is 17.7. The highest BCUT2D eigenvalue weighted by Gasteiger charge is 2.27. The van der Waals surface area contributed by atoms with Crippen molar-refractivity contribution in [2.24, 2.45) is 0 Å². The van der Waals surface area contributed by atoms with Gasteiger partial charge in [-0.3, -0.25) is 0 Å². The molecule has 0 amide bonds. The summed E-state index contributed by atoms with van der Waals surface area (Å²) < 4.78 is 56.4. The average Bonchev–Trinajstić information content (AvgIpc) is 3.17. The van der Waals surface area contributed by atoms with E-state index in [1.165, 1.54) is 6.26 Å². The van der Waals surface area contributed by atoms with Crippen molar-refractivity contribution in [2.45, 2.75) is 24.1 Å². The molecule has 5 rings (SSSR count). The zero-order valence-corrected chi connectivity index (χ0v) is 18.5. The summed E-state index contributed by atoms with van der Waals surface area (Å²) in [6.07, 6.45) is 1.18. The van der Waals surface area contributed by atoms with Gasteiger partial charge in [0.05, 0.1) is 28.5 Å². The summed E-state index contributed by atoms with van der Waals surface area (Å²) >= 11 is 0. The lowest BCUT2D eigenvalue weighted by Gasteiger charge is -2.28. The minimum atomic E-state index is -3.28. The van der Waals surface area contributed by atoms with Gasteiger partial charge >= 0.3 is 6.61 Å². The SMILES string of the molecule is CS(=O)(=O)c1ccc(-c2ccc3nc4n(c3c2)[C@@H](c2ccccc2OC(F)F)CNC4)cc1. The van der Waals surface area contributed by atoms with Crippen LogP contribution in [0.25, 0.3) is 22.2 Å². The Morgan fingerprint density at radius 3 is 2.52 bits per heavy atom. The molecule has 4 aromatic rings. The Balaban J connectivity index is 1.61. The summed E-state index contributed by atoms with van der Waals surface area (Å²) in [6, 6.07) is 19.1. The smallest absolute Gasteiger partial charge is 0.387 e. The van der Waals surface area contributed by atoms with E-state index in [9.17, 15) is 17.2 Å². The van der Waals surface area contributed by atoms with Crippen molar-refractivity contribution in [3.8, 4) is 16.9 Å². The maximum absolute atomic E-state index is 13.0. The molecule has 6 nitrogen and oxygen atoms in total. The minimum absolute atomic E-state index is 0.140. The second kappa shape index (κ2) is 8.24. The molecule has 33 heavy (non-hydrogen) atoms. The maximum Gasteiger partial charge on any atom is 0.387 e. The molecular weight excluding hydrogens is 448 g/mol. The summed E-state index contributed by atoms with van der Waals surface area (Å²) in [5.41, 5.74) is 4.08. The zero-order chi connectivity index (χ0) is 23.2. The standard InChI is InChI=1S/C24H21F2N3O3S/c1-33(30,31)17-9-6-15(7-10-17)16-8-11-19-20(12-16)29-21(13-27-14-23(29)28-19)18-4-2-3-5-22(18)32-24(25)26/h2-12,21,24,27H,13-14H2,1H3/t21-/m1/s1. The van der Waals surface area contributed by atoms with Gasteiger partial charge in [-0.05, 0) is 41.5 Å². The van der Waals surface area contributed by atoms with Gasteiger partial charge in [0.1, 0.15) is 11.6 Å². The van der Waals surface area contributed by atoms with E-state index in [1.807, 2.05) is 18.2 Å². The quantitative estimate of drug-likeness (QED) is 0.469. The normalized spacial score (nSPS) is 16.2. The van der Waals surface area contributed by atoms with Crippen LogP contribution in [0.2, 0.25) is 0 Å². The lowest BCUT2D eigenvalue weighted by Crippen LogP contribution is -2.34. The summed E-state index contributed by atoms with van der Waals surface area (Å²) in [6.45, 7) is -1.82. The highest BCUT2D eigenvalue weighted by molar-refractivity contribution is 7.90. The molecule has 0 spiro atoms. The number of fused-ring (bicyclic) bond motifs is 3. The van der Waals surface area contributed by atoms with E-state index in [1.54, 1.807) is 48.5 Å². The van der Waals surface area contributed by atoms with Crippen molar-refractivity contribution in [3.05, 3.63) is 78.1 Å². The number of imidazole rings is 1. The van der Waals surface area contributed by atoms with E-state index in [-0.39, 0.29) is 16.7 Å². The molecule has 9 heteroatoms. The van der Waals surface area contributed by atoms with E-state index < -0.39 is 16.4 Å².